The maximum atomic E-state index is 15.6. The summed E-state index contributed by atoms with van der Waals surface area (Å²) in [5.74, 6) is -1.71. The van der Waals surface area contributed by atoms with Gasteiger partial charge in [0.25, 0.3) is 0 Å². The average molecular weight is 562 g/mol. The number of carboxylic acid groups (broad SMARTS) is 1. The summed E-state index contributed by atoms with van der Waals surface area (Å²) in [4.78, 5) is 37.0. The van der Waals surface area contributed by atoms with Gasteiger partial charge >= 0.3 is 13.7 Å². The SMILES string of the molecule is CC.COc1c(N2CCN(P(=O)(O)Oc3ccccc3)C(C)C2)c(F)cc2c(=O)c(C(=O)O)cn(C3CC3)c12. The molecule has 2 N–H and O–H groups in total. The van der Waals surface area contributed by atoms with Crippen LogP contribution in [0.2, 0.25) is 0 Å². The fourth-order valence-electron chi connectivity index (χ4n) is 4.92. The Kier molecular flexibility index (Phi) is 8.34. The molecule has 5 rings (SSSR count). The predicted octanol–water partition coefficient (Wildman–Crippen LogP) is 4.90. The standard InChI is InChI=1S/C25H27FN3O7P.C2H6/c1-15-13-27(10-11-29(15)37(33,34)36-17-6-4-3-5-7-17)22-20(26)12-18-21(24(22)35-2)28(16-8-9-16)14-19(23(18)30)25(31)32;1-2/h3-7,12,14-16H,8-11,13H2,1-2H3,(H,31,32)(H,33,34);1-2H3. The fraction of sp³-hybridized carbons (Fsp3) is 0.407. The molecule has 1 saturated heterocycles. The van der Waals surface area contributed by atoms with Gasteiger partial charge in [0, 0.05) is 37.9 Å². The number of halogens is 1. The van der Waals surface area contributed by atoms with Crippen LogP contribution in [0.1, 0.15) is 50.0 Å². The molecule has 0 amide bonds. The van der Waals surface area contributed by atoms with Crippen LogP contribution in [-0.4, -0.2) is 58.0 Å². The highest BCUT2D eigenvalue weighted by atomic mass is 31.2. The number of anilines is 1. The number of carboxylic acids is 1. The summed E-state index contributed by atoms with van der Waals surface area (Å²) in [7, 11) is -2.81. The number of pyridine rings is 1. The number of methoxy groups -OCH3 is 1. The molecule has 39 heavy (non-hydrogen) atoms. The zero-order chi connectivity index (χ0) is 28.5. The van der Waals surface area contributed by atoms with Gasteiger partial charge in [-0.25, -0.2) is 13.8 Å². The monoisotopic (exact) mass is 561 g/mol. The highest BCUT2D eigenvalue weighted by molar-refractivity contribution is 7.50. The van der Waals surface area contributed by atoms with Gasteiger partial charge in [-0.15, -0.1) is 0 Å². The van der Waals surface area contributed by atoms with Crippen LogP contribution < -0.4 is 19.6 Å². The molecular weight excluding hydrogens is 528 g/mol. The molecule has 0 spiro atoms. The summed E-state index contributed by atoms with van der Waals surface area (Å²) in [6.07, 6.45) is 2.91. The zero-order valence-corrected chi connectivity index (χ0v) is 23.2. The number of para-hydroxylation sites is 1. The third-order valence-electron chi connectivity index (χ3n) is 6.77. The van der Waals surface area contributed by atoms with Crippen LogP contribution in [0, 0.1) is 5.82 Å². The Morgan fingerprint density at radius 2 is 1.82 bits per heavy atom. The van der Waals surface area contributed by atoms with Crippen LogP contribution in [0.15, 0.2) is 47.4 Å². The van der Waals surface area contributed by atoms with Crippen LogP contribution in [0.25, 0.3) is 10.9 Å². The third kappa shape index (κ3) is 5.52. The van der Waals surface area contributed by atoms with Gasteiger partial charge in [-0.1, -0.05) is 32.0 Å². The van der Waals surface area contributed by atoms with Crippen molar-refractivity contribution in [2.24, 2.45) is 0 Å². The molecular formula is C27H33FN3O7P. The third-order valence-corrected chi connectivity index (χ3v) is 8.47. The van der Waals surface area contributed by atoms with E-state index in [0.717, 1.165) is 18.9 Å². The van der Waals surface area contributed by atoms with Gasteiger partial charge < -0.3 is 28.7 Å². The van der Waals surface area contributed by atoms with Gasteiger partial charge in [0.15, 0.2) is 11.6 Å². The number of aromatic nitrogens is 1. The number of benzene rings is 2. The molecule has 2 atom stereocenters. The molecule has 12 heteroatoms. The molecule has 1 aliphatic carbocycles. The summed E-state index contributed by atoms with van der Waals surface area (Å²) in [5.41, 5.74) is -0.740. The van der Waals surface area contributed by atoms with Crippen molar-refractivity contribution in [2.45, 2.75) is 45.7 Å². The summed E-state index contributed by atoms with van der Waals surface area (Å²) in [5, 5.41) is 9.45. The van der Waals surface area contributed by atoms with Gasteiger partial charge in [-0.3, -0.25) is 4.79 Å². The Labute approximate surface area is 225 Å². The van der Waals surface area contributed by atoms with Crippen molar-refractivity contribution in [3.8, 4) is 11.5 Å². The minimum atomic E-state index is -4.19. The molecule has 1 saturated carbocycles. The minimum Gasteiger partial charge on any atom is -0.492 e. The Morgan fingerprint density at radius 1 is 1.15 bits per heavy atom. The molecule has 1 aromatic heterocycles. The Hall–Kier alpha value is -3.40. The maximum Gasteiger partial charge on any atom is 0.459 e. The zero-order valence-electron chi connectivity index (χ0n) is 22.3. The largest absolute Gasteiger partial charge is 0.492 e. The first-order valence-electron chi connectivity index (χ1n) is 12.9. The van der Waals surface area contributed by atoms with Crippen LogP contribution in [0.4, 0.5) is 10.1 Å². The quantitative estimate of drug-likeness (QED) is 0.388. The lowest BCUT2D eigenvalue weighted by molar-refractivity contribution is 0.0694. The first-order valence-corrected chi connectivity index (χ1v) is 14.4. The van der Waals surface area contributed by atoms with Crippen molar-refractivity contribution in [1.29, 1.82) is 0 Å². The minimum absolute atomic E-state index is 0.0143. The molecule has 2 fully saturated rings. The Balaban J connectivity index is 0.00000172. The number of carbonyl (C=O) groups is 1. The number of rotatable bonds is 7. The van der Waals surface area contributed by atoms with E-state index in [1.165, 1.54) is 18.0 Å². The van der Waals surface area contributed by atoms with Crippen molar-refractivity contribution in [3.05, 3.63) is 64.2 Å². The molecule has 2 aromatic carbocycles. The lowest BCUT2D eigenvalue weighted by Crippen LogP contribution is -2.51. The van der Waals surface area contributed by atoms with Gasteiger partial charge in [0.1, 0.15) is 17.0 Å². The maximum absolute atomic E-state index is 15.6. The molecule has 0 radical (unpaired) electrons. The summed E-state index contributed by atoms with van der Waals surface area (Å²) >= 11 is 0. The van der Waals surface area contributed by atoms with Crippen LogP contribution in [0.5, 0.6) is 11.5 Å². The van der Waals surface area contributed by atoms with Crippen molar-refractivity contribution in [2.75, 3.05) is 31.6 Å². The van der Waals surface area contributed by atoms with E-state index in [0.29, 0.717) is 5.52 Å². The number of aromatic carboxylic acids is 1. The second-order valence-corrected chi connectivity index (χ2v) is 11.0. The van der Waals surface area contributed by atoms with Gasteiger partial charge in [-0.2, -0.15) is 4.67 Å². The van der Waals surface area contributed by atoms with Crippen molar-refractivity contribution < 1.29 is 33.0 Å². The van der Waals surface area contributed by atoms with E-state index in [2.05, 4.69) is 0 Å². The molecule has 2 heterocycles. The first-order chi connectivity index (χ1) is 18.6. The van der Waals surface area contributed by atoms with Crippen LogP contribution >= 0.6 is 7.75 Å². The summed E-state index contributed by atoms with van der Waals surface area (Å²) in [6, 6.07) is 8.91. The van der Waals surface area contributed by atoms with Crippen molar-refractivity contribution in [3.63, 3.8) is 0 Å². The lowest BCUT2D eigenvalue weighted by atomic mass is 10.1. The average Bonchev–Trinajstić information content (AvgIpc) is 3.75. The van der Waals surface area contributed by atoms with Gasteiger partial charge in [0.2, 0.25) is 5.43 Å². The van der Waals surface area contributed by atoms with E-state index >= 15 is 4.39 Å². The summed E-state index contributed by atoms with van der Waals surface area (Å²) < 4.78 is 42.8. The van der Waals surface area contributed by atoms with E-state index in [1.54, 1.807) is 46.7 Å². The van der Waals surface area contributed by atoms with Crippen molar-refractivity contribution in [1.82, 2.24) is 9.24 Å². The number of nitrogens with zero attached hydrogens (tertiary/aromatic N) is 3. The predicted molar refractivity (Wildman–Crippen MR) is 147 cm³/mol. The highest BCUT2D eigenvalue weighted by Gasteiger charge is 2.40. The molecule has 210 valence electrons. The Bertz CT molecular complexity index is 1480. The van der Waals surface area contributed by atoms with Crippen LogP contribution in [0.3, 0.4) is 0 Å². The molecule has 2 unspecified atom stereocenters. The number of fused-ring (bicyclic) bond motifs is 1. The first kappa shape index (κ1) is 28.6. The highest BCUT2D eigenvalue weighted by Crippen LogP contribution is 2.50. The normalized spacial score (nSPS) is 19.1. The molecule has 3 aromatic rings. The molecule has 10 nitrogen and oxygen atoms in total. The number of hydrogen-bond donors (Lipinski definition) is 2. The molecule has 2 aliphatic rings. The second kappa shape index (κ2) is 11.4. The lowest BCUT2D eigenvalue weighted by Gasteiger charge is -2.41. The summed E-state index contributed by atoms with van der Waals surface area (Å²) in [6.45, 7) is 6.22. The van der Waals surface area contributed by atoms with Gasteiger partial charge in [0.05, 0.1) is 18.0 Å². The number of hydrogen-bond acceptors (Lipinski definition) is 6. The van der Waals surface area contributed by atoms with E-state index in [9.17, 15) is 24.2 Å². The van der Waals surface area contributed by atoms with Crippen LogP contribution in [-0.2, 0) is 4.57 Å². The van der Waals surface area contributed by atoms with Gasteiger partial charge in [-0.05, 0) is 38.0 Å². The molecule has 0 bridgehead atoms. The number of piperazine rings is 1. The topological polar surface area (TPSA) is 122 Å². The van der Waals surface area contributed by atoms with E-state index in [1.807, 2.05) is 13.8 Å². The second-order valence-electron chi connectivity index (χ2n) is 9.30. The smallest absolute Gasteiger partial charge is 0.459 e. The number of ether oxygens (including phenoxy) is 1. The Morgan fingerprint density at radius 3 is 2.38 bits per heavy atom. The van der Waals surface area contributed by atoms with E-state index in [-0.39, 0.29) is 48.2 Å². The van der Waals surface area contributed by atoms with Crippen molar-refractivity contribution >= 4 is 30.3 Å². The van der Waals surface area contributed by atoms with E-state index in [4.69, 9.17) is 9.26 Å². The van der Waals surface area contributed by atoms with E-state index < -0.39 is 36.6 Å². The molecule has 1 aliphatic heterocycles. The fourth-order valence-corrected chi connectivity index (χ4v) is 6.34.